The van der Waals surface area contributed by atoms with Gasteiger partial charge in [0.1, 0.15) is 10.7 Å². The molecule has 0 radical (unpaired) electrons. The number of aromatic nitrogens is 2. The van der Waals surface area contributed by atoms with Crippen LogP contribution in [0.3, 0.4) is 0 Å². The third kappa shape index (κ3) is 7.62. The average Bonchev–Trinajstić information content (AvgIpc) is 3.17. The average molecular weight is 492 g/mol. The van der Waals surface area contributed by atoms with E-state index in [2.05, 4.69) is 37.6 Å². The van der Waals surface area contributed by atoms with Crippen LogP contribution >= 0.6 is 22.9 Å². The van der Waals surface area contributed by atoms with E-state index in [-0.39, 0.29) is 5.56 Å². The number of nitrogens with one attached hydrogen (secondary N) is 1. The van der Waals surface area contributed by atoms with E-state index in [1.54, 1.807) is 0 Å². The maximum Gasteiger partial charge on any atom is 0.260 e. The quantitative estimate of drug-likeness (QED) is 0.364. The summed E-state index contributed by atoms with van der Waals surface area (Å²) >= 11 is 7.47. The Morgan fingerprint density at radius 3 is 2.55 bits per heavy atom. The maximum atomic E-state index is 13.0. The molecule has 0 saturated heterocycles. The Kier molecular flexibility index (Phi) is 9.47. The lowest BCUT2D eigenvalue weighted by molar-refractivity contribution is 0.00592. The maximum absolute atomic E-state index is 13.0. The highest BCUT2D eigenvalue weighted by molar-refractivity contribution is 7.17. The van der Waals surface area contributed by atoms with Gasteiger partial charge >= 0.3 is 0 Å². The summed E-state index contributed by atoms with van der Waals surface area (Å²) in [6.45, 7) is 11.2. The van der Waals surface area contributed by atoms with E-state index in [4.69, 9.17) is 21.3 Å². The second-order valence-electron chi connectivity index (χ2n) is 9.35. The number of hydrogen-bond donors (Lipinski definition) is 2. The fraction of sp³-hybridized carbons (Fsp3) is 0.520. The van der Waals surface area contributed by atoms with E-state index < -0.39 is 6.10 Å². The summed E-state index contributed by atoms with van der Waals surface area (Å²) in [6.07, 6.45) is 0.399. The Bertz CT molecular complexity index is 1080. The number of aliphatic hydroxyl groups is 1. The molecule has 0 bridgehead atoms. The van der Waals surface area contributed by atoms with Gasteiger partial charge in [-0.1, -0.05) is 51.4 Å². The zero-order valence-corrected chi connectivity index (χ0v) is 21.4. The van der Waals surface area contributed by atoms with Gasteiger partial charge in [0, 0.05) is 29.1 Å². The number of thiophene rings is 1. The van der Waals surface area contributed by atoms with Crippen LogP contribution < -0.4 is 5.56 Å². The lowest BCUT2D eigenvalue weighted by Gasteiger charge is -2.25. The number of aliphatic hydroxyl groups excluding tert-OH is 1. The molecule has 33 heavy (non-hydrogen) atoms. The van der Waals surface area contributed by atoms with E-state index in [1.165, 1.54) is 11.3 Å². The zero-order valence-electron chi connectivity index (χ0n) is 19.8. The van der Waals surface area contributed by atoms with Gasteiger partial charge in [0.25, 0.3) is 5.56 Å². The van der Waals surface area contributed by atoms with Crippen molar-refractivity contribution in [3.05, 3.63) is 50.8 Å². The van der Waals surface area contributed by atoms with Crippen molar-refractivity contribution in [1.82, 2.24) is 14.9 Å². The van der Waals surface area contributed by atoms with Gasteiger partial charge in [0.15, 0.2) is 0 Å². The SMILES string of the molecule is CC(C)CCN(Cc1nc2scc(-c3ccc(Cl)cc3)c2c(=O)[nH]1)C[C@H](O)COCC(C)C. The van der Waals surface area contributed by atoms with Crippen LogP contribution in [0.25, 0.3) is 21.3 Å². The molecule has 180 valence electrons. The Morgan fingerprint density at radius 2 is 1.88 bits per heavy atom. The predicted molar refractivity (Wildman–Crippen MR) is 137 cm³/mol. The number of halogens is 1. The highest BCUT2D eigenvalue weighted by atomic mass is 35.5. The molecule has 1 atom stereocenters. The number of H-pyrrole nitrogens is 1. The van der Waals surface area contributed by atoms with Gasteiger partial charge in [-0.05, 0) is 42.5 Å². The molecule has 6 nitrogen and oxygen atoms in total. The van der Waals surface area contributed by atoms with E-state index in [9.17, 15) is 9.90 Å². The van der Waals surface area contributed by atoms with Crippen molar-refractivity contribution in [2.45, 2.75) is 46.8 Å². The number of aromatic amines is 1. The van der Waals surface area contributed by atoms with E-state index in [1.807, 2.05) is 29.6 Å². The number of benzene rings is 1. The van der Waals surface area contributed by atoms with Crippen LogP contribution in [0.5, 0.6) is 0 Å². The molecule has 2 heterocycles. The Labute approximate surface area is 204 Å². The first-order chi connectivity index (χ1) is 15.7. The van der Waals surface area contributed by atoms with Crippen molar-refractivity contribution in [2.75, 3.05) is 26.3 Å². The van der Waals surface area contributed by atoms with Gasteiger partial charge in [-0.15, -0.1) is 11.3 Å². The summed E-state index contributed by atoms with van der Waals surface area (Å²) in [5.74, 6) is 1.57. The number of hydrogen-bond acceptors (Lipinski definition) is 6. The molecule has 0 aliphatic carbocycles. The number of rotatable bonds is 12. The Hall–Kier alpha value is -1.77. The summed E-state index contributed by atoms with van der Waals surface area (Å²) in [7, 11) is 0. The molecular weight excluding hydrogens is 458 g/mol. The van der Waals surface area contributed by atoms with Crippen LogP contribution in [0.4, 0.5) is 0 Å². The molecule has 1 aromatic carbocycles. The normalized spacial score (nSPS) is 13.0. The fourth-order valence-corrected chi connectivity index (χ4v) is 4.68. The largest absolute Gasteiger partial charge is 0.389 e. The van der Waals surface area contributed by atoms with Gasteiger partial charge in [0.05, 0.1) is 24.6 Å². The molecule has 0 fully saturated rings. The first-order valence-electron chi connectivity index (χ1n) is 11.5. The third-order valence-corrected chi connectivity index (χ3v) is 6.40. The lowest BCUT2D eigenvalue weighted by Crippen LogP contribution is -2.36. The number of ether oxygens (including phenoxy) is 1. The monoisotopic (exact) mass is 491 g/mol. The van der Waals surface area contributed by atoms with Crippen LogP contribution in [0.2, 0.25) is 5.02 Å². The minimum Gasteiger partial charge on any atom is -0.389 e. The summed E-state index contributed by atoms with van der Waals surface area (Å²) in [4.78, 5) is 23.6. The highest BCUT2D eigenvalue weighted by Gasteiger charge is 2.17. The Balaban J connectivity index is 1.77. The summed E-state index contributed by atoms with van der Waals surface area (Å²) in [5, 5.41) is 13.7. The number of fused-ring (bicyclic) bond motifs is 1. The van der Waals surface area contributed by atoms with Crippen molar-refractivity contribution in [3.8, 4) is 11.1 Å². The molecule has 2 aromatic heterocycles. The van der Waals surface area contributed by atoms with Gasteiger partial charge < -0.3 is 14.8 Å². The predicted octanol–water partition coefficient (Wildman–Crippen LogP) is 5.19. The molecule has 0 aliphatic rings. The van der Waals surface area contributed by atoms with E-state index >= 15 is 0 Å². The van der Waals surface area contributed by atoms with Gasteiger partial charge in [0.2, 0.25) is 0 Å². The van der Waals surface area contributed by atoms with Crippen LogP contribution in [0.15, 0.2) is 34.4 Å². The smallest absolute Gasteiger partial charge is 0.260 e. The first-order valence-corrected chi connectivity index (χ1v) is 12.7. The summed E-state index contributed by atoms with van der Waals surface area (Å²) in [5.41, 5.74) is 1.65. The molecule has 0 aliphatic heterocycles. The second kappa shape index (κ2) is 12.1. The second-order valence-corrected chi connectivity index (χ2v) is 10.6. The standard InChI is InChI=1S/C25H34ClN3O3S/c1-16(2)9-10-29(11-20(30)14-32-13-17(3)4)12-22-27-24(31)23-21(15-33-25(23)28-22)18-5-7-19(26)8-6-18/h5-8,15-17,20,30H,9-14H2,1-4H3,(H,27,28,31)/t20-/m0/s1. The molecule has 3 aromatic rings. The van der Waals surface area contributed by atoms with Gasteiger partial charge in [-0.3, -0.25) is 9.69 Å². The molecule has 8 heteroatoms. The molecular formula is C25H34ClN3O3S. The molecule has 0 saturated carbocycles. The molecule has 3 rings (SSSR count). The third-order valence-electron chi connectivity index (χ3n) is 5.27. The van der Waals surface area contributed by atoms with Crippen LogP contribution in [-0.2, 0) is 11.3 Å². The van der Waals surface area contributed by atoms with Crippen molar-refractivity contribution < 1.29 is 9.84 Å². The lowest BCUT2D eigenvalue weighted by atomic mass is 10.1. The Morgan fingerprint density at radius 1 is 1.15 bits per heavy atom. The van der Waals surface area contributed by atoms with Crippen LogP contribution in [-0.4, -0.2) is 52.4 Å². The van der Waals surface area contributed by atoms with E-state index in [0.29, 0.717) is 59.2 Å². The summed E-state index contributed by atoms with van der Waals surface area (Å²) < 4.78 is 5.61. The van der Waals surface area contributed by atoms with Crippen molar-refractivity contribution >= 4 is 33.2 Å². The summed E-state index contributed by atoms with van der Waals surface area (Å²) in [6, 6.07) is 7.46. The van der Waals surface area contributed by atoms with Crippen molar-refractivity contribution in [3.63, 3.8) is 0 Å². The molecule has 2 N–H and O–H groups in total. The molecule has 0 amide bonds. The van der Waals surface area contributed by atoms with Crippen LogP contribution in [0, 0.1) is 11.8 Å². The minimum absolute atomic E-state index is 0.147. The van der Waals surface area contributed by atoms with Gasteiger partial charge in [-0.25, -0.2) is 4.98 Å². The van der Waals surface area contributed by atoms with E-state index in [0.717, 1.165) is 24.1 Å². The molecule has 0 spiro atoms. The van der Waals surface area contributed by atoms with Crippen molar-refractivity contribution in [2.24, 2.45) is 11.8 Å². The minimum atomic E-state index is -0.593. The highest BCUT2D eigenvalue weighted by Crippen LogP contribution is 2.31. The van der Waals surface area contributed by atoms with Crippen molar-refractivity contribution in [1.29, 1.82) is 0 Å². The topological polar surface area (TPSA) is 78.5 Å². The first kappa shape index (κ1) is 25.8. The van der Waals surface area contributed by atoms with Crippen LogP contribution in [0.1, 0.15) is 39.9 Å². The fourth-order valence-electron chi connectivity index (χ4n) is 3.59. The zero-order chi connectivity index (χ0) is 24.0. The molecule has 0 unspecified atom stereocenters. The number of nitrogens with zero attached hydrogens (tertiary/aromatic N) is 2. The van der Waals surface area contributed by atoms with Gasteiger partial charge in [-0.2, -0.15) is 0 Å².